The molecule has 2 aromatic carbocycles. The van der Waals surface area contributed by atoms with Gasteiger partial charge < -0.3 is 10.2 Å². The minimum absolute atomic E-state index is 0.501. The Morgan fingerprint density at radius 2 is 1.90 bits per heavy atom. The number of aryl methyl sites for hydroxylation is 1. The van der Waals surface area contributed by atoms with E-state index in [4.69, 9.17) is 21.5 Å². The molecule has 2 heterocycles. The lowest BCUT2D eigenvalue weighted by molar-refractivity contribution is -0.610. The maximum Gasteiger partial charge on any atom is 0.328 e. The third-order valence-electron chi connectivity index (χ3n) is 4.97. The van der Waals surface area contributed by atoms with Gasteiger partial charge in [0.2, 0.25) is 5.82 Å². The number of hydrogen-bond donors (Lipinski definition) is 3. The van der Waals surface area contributed by atoms with E-state index >= 15 is 0 Å². The van der Waals surface area contributed by atoms with Crippen LogP contribution < -0.4 is 15.4 Å². The largest absolute Gasteiger partial charge is 0.380 e. The van der Waals surface area contributed by atoms with Gasteiger partial charge in [-0.3, -0.25) is 0 Å². The van der Waals surface area contributed by atoms with Crippen LogP contribution in [-0.4, -0.2) is 40.9 Å². The minimum atomic E-state index is 0.501. The van der Waals surface area contributed by atoms with Gasteiger partial charge in [-0.2, -0.15) is 9.25 Å². The molecule has 1 fully saturated rings. The van der Waals surface area contributed by atoms with Crippen molar-refractivity contribution in [3.05, 3.63) is 59.1 Å². The van der Waals surface area contributed by atoms with Gasteiger partial charge in [-0.25, -0.2) is 5.48 Å². The summed E-state index contributed by atoms with van der Waals surface area (Å²) in [6.45, 7) is 4.12. The predicted molar refractivity (Wildman–Crippen MR) is 120 cm³/mol. The van der Waals surface area contributed by atoms with Crippen molar-refractivity contribution in [1.82, 2.24) is 14.7 Å². The van der Waals surface area contributed by atoms with Crippen molar-refractivity contribution in [3.63, 3.8) is 0 Å². The fourth-order valence-electron chi connectivity index (χ4n) is 3.37. The summed E-state index contributed by atoms with van der Waals surface area (Å²) in [4.78, 5) is 8.41. The van der Waals surface area contributed by atoms with Crippen LogP contribution in [0.5, 0.6) is 0 Å². The molecule has 8 nitrogen and oxygen atoms in total. The summed E-state index contributed by atoms with van der Waals surface area (Å²) >= 11 is 6.55. The van der Waals surface area contributed by atoms with Crippen LogP contribution in [0.3, 0.4) is 0 Å². The zero-order valence-corrected chi connectivity index (χ0v) is 18.7. The van der Waals surface area contributed by atoms with Gasteiger partial charge in [0.15, 0.2) is 0 Å². The molecule has 0 radical (unpaired) electrons. The number of aromatic nitrogens is 3. The third kappa shape index (κ3) is 4.85. The number of likely N-dealkylation sites (tertiary alicyclic amines) is 1. The average Bonchev–Trinajstić information content (AvgIpc) is 2.96. The van der Waals surface area contributed by atoms with E-state index in [0.29, 0.717) is 10.8 Å². The van der Waals surface area contributed by atoms with Crippen molar-refractivity contribution in [2.75, 3.05) is 30.9 Å². The number of anilines is 2. The van der Waals surface area contributed by atoms with Crippen LogP contribution in [0.1, 0.15) is 5.82 Å². The number of nitrogens with one attached hydrogen (secondary N) is 3. The summed E-state index contributed by atoms with van der Waals surface area (Å²) in [7, 11) is 4.04. The Kier molecular flexibility index (Phi) is 6.40. The average molecular weight is 446 g/mol. The SMILES string of the molecule is Cc1n(C)[nH]c(=S)[n+]1-c1cccc(NOOSc2cccc(NC3CN(C)C3)c2)c1. The topological polar surface area (TPSA) is 70.4 Å². The number of benzene rings is 2. The Morgan fingerprint density at radius 3 is 2.63 bits per heavy atom. The van der Waals surface area contributed by atoms with Crippen LogP contribution in [0, 0.1) is 11.7 Å². The Balaban J connectivity index is 1.30. The first kappa shape index (κ1) is 20.9. The summed E-state index contributed by atoms with van der Waals surface area (Å²) in [5, 5.41) is 6.61. The summed E-state index contributed by atoms with van der Waals surface area (Å²) in [6.07, 6.45) is 0. The minimum Gasteiger partial charge on any atom is -0.380 e. The van der Waals surface area contributed by atoms with Crippen molar-refractivity contribution >= 4 is 35.6 Å². The normalized spacial score (nSPS) is 14.5. The van der Waals surface area contributed by atoms with Crippen LogP contribution in [-0.2, 0) is 16.4 Å². The summed E-state index contributed by atoms with van der Waals surface area (Å²) in [5.74, 6) is 0.993. The van der Waals surface area contributed by atoms with Gasteiger partial charge in [-0.05, 0) is 49.6 Å². The molecule has 1 aliphatic rings. The van der Waals surface area contributed by atoms with Gasteiger partial charge in [0.1, 0.15) is 5.69 Å². The van der Waals surface area contributed by atoms with Crippen LogP contribution >= 0.6 is 24.3 Å². The summed E-state index contributed by atoms with van der Waals surface area (Å²) < 4.78 is 9.73. The Morgan fingerprint density at radius 1 is 1.13 bits per heavy atom. The molecule has 0 saturated carbocycles. The predicted octanol–water partition coefficient (Wildman–Crippen LogP) is 3.38. The van der Waals surface area contributed by atoms with Gasteiger partial charge >= 0.3 is 4.77 Å². The monoisotopic (exact) mass is 445 g/mol. The third-order valence-corrected chi connectivity index (χ3v) is 5.83. The van der Waals surface area contributed by atoms with E-state index in [9.17, 15) is 0 Å². The zero-order valence-electron chi connectivity index (χ0n) is 17.1. The molecule has 0 atom stereocenters. The highest BCUT2D eigenvalue weighted by Gasteiger charge is 2.22. The molecule has 1 saturated heterocycles. The molecule has 4 rings (SSSR count). The lowest BCUT2D eigenvalue weighted by atomic mass is 10.1. The molecule has 0 bridgehead atoms. The second-order valence-corrected chi connectivity index (χ2v) is 8.50. The zero-order chi connectivity index (χ0) is 21.1. The fraction of sp³-hybridized carbons (Fsp3) is 0.300. The molecule has 1 aliphatic heterocycles. The first-order chi connectivity index (χ1) is 14.5. The maximum atomic E-state index is 5.40. The lowest BCUT2D eigenvalue weighted by Gasteiger charge is -2.37. The number of aromatic amines is 1. The van der Waals surface area contributed by atoms with E-state index in [1.165, 1.54) is 0 Å². The Bertz CT molecular complexity index is 1080. The highest BCUT2D eigenvalue weighted by atomic mass is 32.2. The smallest absolute Gasteiger partial charge is 0.328 e. The van der Waals surface area contributed by atoms with Gasteiger partial charge in [0.05, 0.1) is 30.8 Å². The van der Waals surface area contributed by atoms with Crippen LogP contribution in [0.4, 0.5) is 11.4 Å². The first-order valence-corrected chi connectivity index (χ1v) is 10.7. The highest BCUT2D eigenvalue weighted by molar-refractivity contribution is 7.94. The Labute approximate surface area is 184 Å². The molecule has 0 unspecified atom stereocenters. The number of nitrogens with zero attached hydrogens (tertiary/aromatic N) is 3. The standard InChI is InChI=1S/C20H24N6O2S2/c1-14-25(3)22-20(29)26(14)18-8-4-7-16(10-18)23-27-28-30-19-9-5-6-15(11-19)21-17-12-24(2)13-17/h4-11,17,21,23H,12-13H2,1-3H3/p+1. The van der Waals surface area contributed by atoms with Crippen molar-refractivity contribution in [3.8, 4) is 5.69 Å². The van der Waals surface area contributed by atoms with Crippen molar-refractivity contribution < 1.29 is 13.9 Å². The van der Waals surface area contributed by atoms with Crippen molar-refractivity contribution in [2.45, 2.75) is 17.9 Å². The Hall–Kier alpha value is -2.37. The fourth-order valence-corrected chi connectivity index (χ4v) is 4.20. The number of rotatable bonds is 8. The van der Waals surface area contributed by atoms with Gasteiger partial charge in [0.25, 0.3) is 0 Å². The van der Waals surface area contributed by atoms with E-state index < -0.39 is 0 Å². The van der Waals surface area contributed by atoms with E-state index in [-0.39, 0.29) is 0 Å². The highest BCUT2D eigenvalue weighted by Crippen LogP contribution is 2.24. The number of likely N-dealkylation sites (N-methyl/N-ethyl adjacent to an activating group) is 1. The van der Waals surface area contributed by atoms with Crippen LogP contribution in [0.15, 0.2) is 53.4 Å². The van der Waals surface area contributed by atoms with E-state index in [1.807, 2.05) is 65.7 Å². The molecular formula is C20H25N6O2S2+. The molecule has 10 heteroatoms. The lowest BCUT2D eigenvalue weighted by Crippen LogP contribution is -2.52. The van der Waals surface area contributed by atoms with Crippen LogP contribution in [0.25, 0.3) is 5.69 Å². The second kappa shape index (κ2) is 9.19. The molecule has 0 aliphatic carbocycles. The molecule has 3 aromatic rings. The van der Waals surface area contributed by atoms with Gasteiger partial charge in [-0.1, -0.05) is 12.1 Å². The summed E-state index contributed by atoms with van der Waals surface area (Å²) in [5.41, 5.74) is 5.57. The van der Waals surface area contributed by atoms with Crippen molar-refractivity contribution in [2.24, 2.45) is 7.05 Å². The molecule has 158 valence electrons. The molecule has 0 amide bonds. The maximum absolute atomic E-state index is 5.40. The van der Waals surface area contributed by atoms with Gasteiger partial charge in [-0.15, -0.1) is 14.4 Å². The van der Waals surface area contributed by atoms with E-state index in [0.717, 1.165) is 52.9 Å². The second-order valence-electron chi connectivity index (χ2n) is 7.34. The summed E-state index contributed by atoms with van der Waals surface area (Å²) in [6, 6.07) is 16.3. The van der Waals surface area contributed by atoms with E-state index in [1.54, 1.807) is 0 Å². The van der Waals surface area contributed by atoms with E-state index in [2.05, 4.69) is 33.9 Å². The quantitative estimate of drug-likeness (QED) is 0.123. The molecular weight excluding hydrogens is 420 g/mol. The van der Waals surface area contributed by atoms with Crippen molar-refractivity contribution in [1.29, 1.82) is 0 Å². The molecule has 0 spiro atoms. The van der Waals surface area contributed by atoms with Gasteiger partial charge in [0, 0.05) is 36.7 Å². The number of H-pyrrole nitrogens is 1. The molecule has 30 heavy (non-hydrogen) atoms. The number of hydrogen-bond acceptors (Lipinski definition) is 7. The molecule has 3 N–H and O–H groups in total. The first-order valence-electron chi connectivity index (χ1n) is 9.59. The molecule has 1 aromatic heterocycles. The van der Waals surface area contributed by atoms with Crippen LogP contribution in [0.2, 0.25) is 0 Å².